The van der Waals surface area contributed by atoms with Crippen molar-refractivity contribution in [3.63, 3.8) is 0 Å². The van der Waals surface area contributed by atoms with E-state index in [-0.39, 0.29) is 0 Å². The van der Waals surface area contributed by atoms with E-state index in [9.17, 15) is 0 Å². The summed E-state index contributed by atoms with van der Waals surface area (Å²) in [4.78, 5) is 4.42. The molecule has 0 bridgehead atoms. The van der Waals surface area contributed by atoms with Crippen molar-refractivity contribution in [3.05, 3.63) is 46.6 Å². The monoisotopic (exact) mass is 371 g/mol. The van der Waals surface area contributed by atoms with Gasteiger partial charge in [-0.3, -0.25) is 4.98 Å². The molecule has 3 aromatic rings. The van der Waals surface area contributed by atoms with Gasteiger partial charge in [-0.2, -0.15) is 0 Å². The number of nitrogens with zero attached hydrogens (tertiary/aromatic N) is 4. The number of hydrogen-bond donors (Lipinski definition) is 1. The zero-order valence-electron chi connectivity index (χ0n) is 12.8. The molecule has 6 heteroatoms. The Bertz CT molecular complexity index is 842. The van der Waals surface area contributed by atoms with Crippen LogP contribution >= 0.6 is 15.9 Å². The fourth-order valence-corrected chi connectivity index (χ4v) is 3.48. The van der Waals surface area contributed by atoms with Gasteiger partial charge in [0, 0.05) is 34.7 Å². The van der Waals surface area contributed by atoms with Crippen molar-refractivity contribution in [1.29, 1.82) is 0 Å². The quantitative estimate of drug-likeness (QED) is 0.757. The molecule has 1 aliphatic heterocycles. The molecule has 118 valence electrons. The SMILES string of the molecule is Brc1ccc2nccc(NCc3nnc4n3CCCCC4)c2c1. The number of hydrogen-bond acceptors (Lipinski definition) is 4. The minimum absolute atomic E-state index is 0.679. The molecule has 1 aromatic carbocycles. The second-order valence-electron chi connectivity index (χ2n) is 5.87. The van der Waals surface area contributed by atoms with Crippen molar-refractivity contribution in [3.8, 4) is 0 Å². The van der Waals surface area contributed by atoms with E-state index in [2.05, 4.69) is 47.1 Å². The molecule has 1 N–H and O–H groups in total. The van der Waals surface area contributed by atoms with Crippen LogP contribution in [-0.4, -0.2) is 19.7 Å². The van der Waals surface area contributed by atoms with Gasteiger partial charge in [0.25, 0.3) is 0 Å². The van der Waals surface area contributed by atoms with Crippen molar-refractivity contribution in [2.75, 3.05) is 5.32 Å². The molecule has 23 heavy (non-hydrogen) atoms. The van der Waals surface area contributed by atoms with Gasteiger partial charge in [-0.25, -0.2) is 0 Å². The van der Waals surface area contributed by atoms with Gasteiger partial charge in [0.2, 0.25) is 0 Å². The van der Waals surface area contributed by atoms with Crippen molar-refractivity contribution in [1.82, 2.24) is 19.7 Å². The Kier molecular flexibility index (Phi) is 3.99. The molecule has 0 atom stereocenters. The molecule has 0 amide bonds. The predicted octanol–water partition coefficient (Wildman–Crippen LogP) is 3.93. The highest BCUT2D eigenvalue weighted by molar-refractivity contribution is 9.10. The lowest BCUT2D eigenvalue weighted by Gasteiger charge is -2.11. The molecular weight excluding hydrogens is 354 g/mol. The van der Waals surface area contributed by atoms with Gasteiger partial charge in [0.15, 0.2) is 5.82 Å². The highest BCUT2D eigenvalue weighted by Crippen LogP contribution is 2.25. The molecule has 2 aromatic heterocycles. The Labute approximate surface area is 143 Å². The highest BCUT2D eigenvalue weighted by Gasteiger charge is 2.14. The first kappa shape index (κ1) is 14.6. The summed E-state index contributed by atoms with van der Waals surface area (Å²) in [6.45, 7) is 1.71. The van der Waals surface area contributed by atoms with Crippen LogP contribution in [0.25, 0.3) is 10.9 Å². The summed E-state index contributed by atoms with van der Waals surface area (Å²) in [6.07, 6.45) is 6.58. The molecule has 0 saturated carbocycles. The smallest absolute Gasteiger partial charge is 0.152 e. The standard InChI is InChI=1S/C17H18BrN5/c18-12-5-6-14-13(10-12)15(7-8-19-14)20-11-17-22-21-16-4-2-1-3-9-23(16)17/h5-8,10H,1-4,9,11H2,(H,19,20). The Morgan fingerprint density at radius 2 is 2.09 bits per heavy atom. The topological polar surface area (TPSA) is 55.6 Å². The molecule has 0 unspecified atom stereocenters. The fraction of sp³-hybridized carbons (Fsp3) is 0.353. The molecule has 4 rings (SSSR count). The number of aryl methyl sites for hydroxylation is 1. The number of aromatic nitrogens is 4. The van der Waals surface area contributed by atoms with E-state index in [1.165, 1.54) is 19.3 Å². The third kappa shape index (κ3) is 2.95. The average Bonchev–Trinajstić information content (AvgIpc) is 2.79. The third-order valence-corrected chi connectivity index (χ3v) is 4.82. The van der Waals surface area contributed by atoms with Crippen LogP contribution in [0.3, 0.4) is 0 Å². The summed E-state index contributed by atoms with van der Waals surface area (Å²) in [7, 11) is 0. The second kappa shape index (κ2) is 6.28. The lowest BCUT2D eigenvalue weighted by Crippen LogP contribution is -2.10. The van der Waals surface area contributed by atoms with Crippen LogP contribution in [0.15, 0.2) is 34.9 Å². The minimum Gasteiger partial charge on any atom is -0.377 e. The van der Waals surface area contributed by atoms with Crippen LogP contribution in [0.5, 0.6) is 0 Å². The number of rotatable bonds is 3. The summed E-state index contributed by atoms with van der Waals surface area (Å²) < 4.78 is 3.33. The Balaban J connectivity index is 1.60. The normalized spacial score (nSPS) is 14.5. The van der Waals surface area contributed by atoms with Gasteiger partial charge < -0.3 is 9.88 Å². The number of halogens is 1. The Morgan fingerprint density at radius 1 is 1.13 bits per heavy atom. The van der Waals surface area contributed by atoms with Crippen LogP contribution in [0, 0.1) is 0 Å². The largest absolute Gasteiger partial charge is 0.377 e. The minimum atomic E-state index is 0.679. The summed E-state index contributed by atoms with van der Waals surface area (Å²) in [5.74, 6) is 2.14. The summed E-state index contributed by atoms with van der Waals surface area (Å²) in [5.41, 5.74) is 2.06. The average molecular weight is 372 g/mol. The Morgan fingerprint density at radius 3 is 3.04 bits per heavy atom. The first-order valence-electron chi connectivity index (χ1n) is 8.00. The van der Waals surface area contributed by atoms with Gasteiger partial charge in [-0.05, 0) is 37.1 Å². The molecule has 1 aliphatic rings. The highest BCUT2D eigenvalue weighted by atomic mass is 79.9. The number of anilines is 1. The van der Waals surface area contributed by atoms with E-state index in [4.69, 9.17) is 0 Å². The van der Waals surface area contributed by atoms with Crippen molar-refractivity contribution in [2.24, 2.45) is 0 Å². The molecule has 5 nitrogen and oxygen atoms in total. The van der Waals surface area contributed by atoms with Crippen molar-refractivity contribution < 1.29 is 0 Å². The van der Waals surface area contributed by atoms with E-state index in [0.29, 0.717) is 6.54 Å². The van der Waals surface area contributed by atoms with Gasteiger partial charge in [0.05, 0.1) is 12.1 Å². The molecule has 3 heterocycles. The lowest BCUT2D eigenvalue weighted by atomic mass is 10.2. The van der Waals surface area contributed by atoms with Crippen LogP contribution in [0.4, 0.5) is 5.69 Å². The summed E-state index contributed by atoms with van der Waals surface area (Å²) in [6, 6.07) is 8.13. The zero-order chi connectivity index (χ0) is 15.6. The van der Waals surface area contributed by atoms with Crippen LogP contribution in [-0.2, 0) is 19.5 Å². The van der Waals surface area contributed by atoms with Crippen molar-refractivity contribution >= 4 is 32.5 Å². The lowest BCUT2D eigenvalue weighted by molar-refractivity contribution is 0.610. The van der Waals surface area contributed by atoms with E-state index in [1.807, 2.05) is 24.4 Å². The number of nitrogens with one attached hydrogen (secondary N) is 1. The molecule has 0 radical (unpaired) electrons. The van der Waals surface area contributed by atoms with E-state index in [1.54, 1.807) is 0 Å². The summed E-state index contributed by atoms with van der Waals surface area (Å²) in [5, 5.41) is 13.3. The van der Waals surface area contributed by atoms with Crippen LogP contribution in [0.1, 0.15) is 30.9 Å². The third-order valence-electron chi connectivity index (χ3n) is 4.33. The van der Waals surface area contributed by atoms with Gasteiger partial charge in [-0.1, -0.05) is 22.4 Å². The number of pyridine rings is 1. The second-order valence-corrected chi connectivity index (χ2v) is 6.78. The zero-order valence-corrected chi connectivity index (χ0v) is 14.4. The van der Waals surface area contributed by atoms with Crippen molar-refractivity contribution in [2.45, 2.75) is 38.8 Å². The van der Waals surface area contributed by atoms with Gasteiger partial charge >= 0.3 is 0 Å². The maximum absolute atomic E-state index is 4.42. The van der Waals surface area contributed by atoms with E-state index in [0.717, 1.165) is 45.7 Å². The van der Waals surface area contributed by atoms with Gasteiger partial charge in [0.1, 0.15) is 5.82 Å². The van der Waals surface area contributed by atoms with E-state index >= 15 is 0 Å². The number of benzene rings is 1. The van der Waals surface area contributed by atoms with Gasteiger partial charge in [-0.15, -0.1) is 10.2 Å². The van der Waals surface area contributed by atoms with E-state index < -0.39 is 0 Å². The van der Waals surface area contributed by atoms with Crippen LogP contribution < -0.4 is 5.32 Å². The first-order valence-corrected chi connectivity index (χ1v) is 8.80. The predicted molar refractivity (Wildman–Crippen MR) is 94.3 cm³/mol. The van der Waals surface area contributed by atoms with Crippen LogP contribution in [0.2, 0.25) is 0 Å². The fourth-order valence-electron chi connectivity index (χ4n) is 3.12. The molecule has 0 fully saturated rings. The maximum atomic E-state index is 4.42. The first-order chi connectivity index (χ1) is 11.3. The Hall–Kier alpha value is -1.95. The molecule has 0 aliphatic carbocycles. The molecule has 0 spiro atoms. The molecular formula is C17H18BrN5. The molecule has 0 saturated heterocycles. The number of fused-ring (bicyclic) bond motifs is 2. The summed E-state index contributed by atoms with van der Waals surface area (Å²) >= 11 is 3.53. The maximum Gasteiger partial charge on any atom is 0.152 e.